The van der Waals surface area contributed by atoms with Crippen LogP contribution in [0.15, 0.2) is 18.2 Å². The van der Waals surface area contributed by atoms with Crippen molar-refractivity contribution < 1.29 is 9.50 Å². The van der Waals surface area contributed by atoms with Gasteiger partial charge in [0.2, 0.25) is 0 Å². The quantitative estimate of drug-likeness (QED) is 0.878. The summed E-state index contributed by atoms with van der Waals surface area (Å²) in [6, 6.07) is 4.96. The van der Waals surface area contributed by atoms with Crippen molar-refractivity contribution in [2.45, 2.75) is 12.5 Å². The average Bonchev–Trinajstić information content (AvgIpc) is 2.41. The van der Waals surface area contributed by atoms with Gasteiger partial charge in [-0.25, -0.2) is 4.39 Å². The van der Waals surface area contributed by atoms with E-state index in [0.29, 0.717) is 12.0 Å². The zero-order valence-electron chi connectivity index (χ0n) is 10.2. The molecule has 0 aliphatic carbocycles. The van der Waals surface area contributed by atoms with Crippen LogP contribution in [0.2, 0.25) is 5.02 Å². The molecule has 5 heteroatoms. The molecule has 1 atom stereocenters. The third-order valence-corrected chi connectivity index (χ3v) is 3.63. The number of aliphatic hydroxyl groups is 1. The van der Waals surface area contributed by atoms with E-state index in [2.05, 4.69) is 10.2 Å². The van der Waals surface area contributed by atoms with E-state index in [9.17, 15) is 9.50 Å². The summed E-state index contributed by atoms with van der Waals surface area (Å²) in [5.74, 6) is -0.365. The van der Waals surface area contributed by atoms with Gasteiger partial charge in [0, 0.05) is 44.4 Å². The van der Waals surface area contributed by atoms with E-state index in [-0.39, 0.29) is 23.5 Å². The van der Waals surface area contributed by atoms with Gasteiger partial charge in [-0.05, 0) is 12.5 Å². The summed E-state index contributed by atoms with van der Waals surface area (Å²) in [7, 11) is 0. The van der Waals surface area contributed by atoms with Gasteiger partial charge in [-0.3, -0.25) is 4.90 Å². The van der Waals surface area contributed by atoms with Gasteiger partial charge in [0.25, 0.3) is 0 Å². The van der Waals surface area contributed by atoms with E-state index >= 15 is 0 Å². The topological polar surface area (TPSA) is 35.5 Å². The van der Waals surface area contributed by atoms with E-state index in [0.717, 1.165) is 26.2 Å². The highest BCUT2D eigenvalue weighted by molar-refractivity contribution is 6.30. The Morgan fingerprint density at radius 2 is 2.11 bits per heavy atom. The molecule has 1 aromatic rings. The zero-order valence-corrected chi connectivity index (χ0v) is 11.0. The third-order valence-electron chi connectivity index (χ3n) is 3.34. The van der Waals surface area contributed by atoms with Gasteiger partial charge in [-0.15, -0.1) is 0 Å². The Kier molecular flexibility index (Phi) is 4.95. The van der Waals surface area contributed by atoms with E-state index in [1.165, 1.54) is 0 Å². The Balaban J connectivity index is 2.25. The molecule has 0 aromatic heterocycles. The lowest BCUT2D eigenvalue weighted by atomic mass is 10.0. The summed E-state index contributed by atoms with van der Waals surface area (Å²) in [6.07, 6.45) is 0.525. The monoisotopic (exact) mass is 272 g/mol. The molecular weight excluding hydrogens is 255 g/mol. The molecule has 2 N–H and O–H groups in total. The molecule has 18 heavy (non-hydrogen) atoms. The van der Waals surface area contributed by atoms with Crippen LogP contribution in [0.5, 0.6) is 0 Å². The number of nitrogens with zero attached hydrogens (tertiary/aromatic N) is 1. The van der Waals surface area contributed by atoms with Crippen LogP contribution >= 0.6 is 11.6 Å². The molecule has 0 bridgehead atoms. The predicted molar refractivity (Wildman–Crippen MR) is 70.3 cm³/mol. The number of piperazine rings is 1. The lowest BCUT2D eigenvalue weighted by Gasteiger charge is -2.35. The molecule has 1 heterocycles. The maximum absolute atomic E-state index is 14.1. The fourth-order valence-corrected chi connectivity index (χ4v) is 2.61. The van der Waals surface area contributed by atoms with Crippen molar-refractivity contribution in [1.82, 2.24) is 10.2 Å². The molecule has 1 aliphatic heterocycles. The molecule has 0 saturated carbocycles. The fraction of sp³-hybridized carbons (Fsp3) is 0.538. The van der Waals surface area contributed by atoms with E-state index < -0.39 is 0 Å². The predicted octanol–water partition coefficient (Wildman–Crippen LogP) is 1.81. The summed E-state index contributed by atoms with van der Waals surface area (Å²) in [4.78, 5) is 2.20. The van der Waals surface area contributed by atoms with Crippen LogP contribution in [0, 0.1) is 5.82 Å². The number of hydrogen-bond donors (Lipinski definition) is 2. The summed E-state index contributed by atoms with van der Waals surface area (Å²) in [5.41, 5.74) is 0.582. The highest BCUT2D eigenvalue weighted by Crippen LogP contribution is 2.29. The van der Waals surface area contributed by atoms with Crippen molar-refractivity contribution >= 4 is 11.6 Å². The molecule has 1 aromatic carbocycles. The van der Waals surface area contributed by atoms with E-state index in [1.54, 1.807) is 18.2 Å². The maximum atomic E-state index is 14.1. The fourth-order valence-electron chi connectivity index (χ4n) is 2.43. The summed E-state index contributed by atoms with van der Waals surface area (Å²) < 4.78 is 14.1. The first-order chi connectivity index (χ1) is 8.74. The summed E-state index contributed by atoms with van der Waals surface area (Å²) in [5, 5.41) is 12.6. The van der Waals surface area contributed by atoms with E-state index in [4.69, 9.17) is 11.6 Å². The summed E-state index contributed by atoms with van der Waals surface area (Å²) >= 11 is 5.83. The van der Waals surface area contributed by atoms with Crippen molar-refractivity contribution in [3.05, 3.63) is 34.6 Å². The van der Waals surface area contributed by atoms with Crippen LogP contribution in [0.3, 0.4) is 0 Å². The third kappa shape index (κ3) is 3.01. The minimum Gasteiger partial charge on any atom is -0.396 e. The van der Waals surface area contributed by atoms with Crippen molar-refractivity contribution in [3.63, 3.8) is 0 Å². The van der Waals surface area contributed by atoms with Crippen LogP contribution in [-0.2, 0) is 0 Å². The van der Waals surface area contributed by atoms with Gasteiger partial charge in [-0.1, -0.05) is 23.7 Å². The van der Waals surface area contributed by atoms with Gasteiger partial charge >= 0.3 is 0 Å². The number of rotatable bonds is 4. The lowest BCUT2D eigenvalue weighted by molar-refractivity contribution is 0.138. The first-order valence-electron chi connectivity index (χ1n) is 6.23. The zero-order chi connectivity index (χ0) is 13.0. The molecule has 2 rings (SSSR count). The van der Waals surface area contributed by atoms with Gasteiger partial charge in [-0.2, -0.15) is 0 Å². The van der Waals surface area contributed by atoms with E-state index in [1.807, 2.05) is 0 Å². The Morgan fingerprint density at radius 3 is 2.78 bits per heavy atom. The second-order valence-corrected chi connectivity index (χ2v) is 4.86. The largest absolute Gasteiger partial charge is 0.396 e. The highest BCUT2D eigenvalue weighted by Gasteiger charge is 2.24. The molecular formula is C13H18ClFN2O. The normalized spacial score (nSPS) is 18.8. The highest BCUT2D eigenvalue weighted by atomic mass is 35.5. The molecule has 0 spiro atoms. The van der Waals surface area contributed by atoms with Gasteiger partial charge in [0.05, 0.1) is 5.02 Å². The molecule has 0 radical (unpaired) electrons. The average molecular weight is 273 g/mol. The standard InChI is InChI=1S/C13H18ClFN2O/c14-11-3-1-2-10(13(11)15)12(4-9-18)17-7-5-16-6-8-17/h1-3,12,16,18H,4-9H2/t12-/m1/s1. The van der Waals surface area contributed by atoms with Crippen molar-refractivity contribution in [2.75, 3.05) is 32.8 Å². The maximum Gasteiger partial charge on any atom is 0.146 e. The minimum atomic E-state index is -0.365. The molecule has 1 fully saturated rings. The number of halogens is 2. The van der Waals surface area contributed by atoms with Crippen molar-refractivity contribution in [2.24, 2.45) is 0 Å². The lowest BCUT2D eigenvalue weighted by Crippen LogP contribution is -2.45. The minimum absolute atomic E-state index is 0.0422. The number of hydrogen-bond acceptors (Lipinski definition) is 3. The smallest absolute Gasteiger partial charge is 0.146 e. The van der Waals surface area contributed by atoms with Gasteiger partial charge < -0.3 is 10.4 Å². The van der Waals surface area contributed by atoms with Crippen molar-refractivity contribution in [3.8, 4) is 0 Å². The SMILES string of the molecule is OCC[C@H](c1cccc(Cl)c1F)N1CCNCC1. The molecule has 0 unspecified atom stereocenters. The Morgan fingerprint density at radius 1 is 1.39 bits per heavy atom. The number of nitrogens with one attached hydrogen (secondary N) is 1. The summed E-state index contributed by atoms with van der Waals surface area (Å²) in [6.45, 7) is 3.54. The first kappa shape index (κ1) is 13.7. The molecule has 100 valence electrons. The Labute approximate surface area is 112 Å². The Bertz CT molecular complexity index is 397. The second-order valence-electron chi connectivity index (χ2n) is 4.46. The van der Waals surface area contributed by atoms with Crippen LogP contribution in [0.25, 0.3) is 0 Å². The van der Waals surface area contributed by atoms with Crippen LogP contribution < -0.4 is 5.32 Å². The van der Waals surface area contributed by atoms with Crippen molar-refractivity contribution in [1.29, 1.82) is 0 Å². The molecule has 1 aliphatic rings. The number of benzene rings is 1. The van der Waals surface area contributed by atoms with Crippen LogP contribution in [0.4, 0.5) is 4.39 Å². The van der Waals surface area contributed by atoms with Crippen LogP contribution in [0.1, 0.15) is 18.0 Å². The molecule has 0 amide bonds. The van der Waals surface area contributed by atoms with Gasteiger partial charge in [0.15, 0.2) is 0 Å². The van der Waals surface area contributed by atoms with Crippen LogP contribution in [-0.4, -0.2) is 42.8 Å². The first-order valence-corrected chi connectivity index (χ1v) is 6.61. The second kappa shape index (κ2) is 6.48. The van der Waals surface area contributed by atoms with Gasteiger partial charge in [0.1, 0.15) is 5.82 Å². The molecule has 1 saturated heterocycles. The molecule has 3 nitrogen and oxygen atoms in total. The number of aliphatic hydroxyl groups excluding tert-OH is 1. The Hall–Kier alpha value is -0.680.